The topological polar surface area (TPSA) is 150 Å². The summed E-state index contributed by atoms with van der Waals surface area (Å²) in [6.07, 6.45) is 14.6. The lowest BCUT2D eigenvalue weighted by Crippen LogP contribution is -2.51. The van der Waals surface area contributed by atoms with Gasteiger partial charge in [0.2, 0.25) is 0 Å². The van der Waals surface area contributed by atoms with Gasteiger partial charge in [-0.05, 0) is 112 Å². The van der Waals surface area contributed by atoms with Crippen molar-refractivity contribution < 1.29 is 0 Å². The van der Waals surface area contributed by atoms with E-state index >= 15 is 0 Å². The summed E-state index contributed by atoms with van der Waals surface area (Å²) in [6, 6.07) is 16.6. The Morgan fingerprint density at radius 3 is 1.56 bits per heavy atom. The molecule has 0 spiro atoms. The highest BCUT2D eigenvalue weighted by molar-refractivity contribution is 6.37. The first kappa shape index (κ1) is 60.5. The van der Waals surface area contributed by atoms with Gasteiger partial charge in [-0.1, -0.05) is 148 Å². The van der Waals surface area contributed by atoms with E-state index in [9.17, 15) is 0 Å². The summed E-state index contributed by atoms with van der Waals surface area (Å²) in [4.78, 5) is 30.5. The molecule has 0 saturated carbocycles. The van der Waals surface area contributed by atoms with Crippen molar-refractivity contribution in [2.75, 3.05) is 31.1 Å². The lowest BCUT2D eigenvalue weighted by Gasteiger charge is -2.44. The van der Waals surface area contributed by atoms with Crippen molar-refractivity contribution in [2.24, 2.45) is 16.1 Å². The van der Waals surface area contributed by atoms with Crippen LogP contribution in [0.25, 0.3) is 11.2 Å². The molecule has 0 amide bonds. The third kappa shape index (κ3) is 16.6. The van der Waals surface area contributed by atoms with Gasteiger partial charge in [-0.3, -0.25) is 4.90 Å². The van der Waals surface area contributed by atoms with Crippen LogP contribution in [-0.2, 0) is 0 Å². The summed E-state index contributed by atoms with van der Waals surface area (Å²) in [6.45, 7) is 12.8. The van der Waals surface area contributed by atoms with E-state index < -0.39 is 0 Å². The molecule has 2 saturated heterocycles. The van der Waals surface area contributed by atoms with E-state index in [1.165, 1.54) is 63.6 Å². The number of nitrogens with one attached hydrogen (secondary N) is 2. The van der Waals surface area contributed by atoms with Gasteiger partial charge in [0.25, 0.3) is 0 Å². The quantitative estimate of drug-likeness (QED) is 0.0889. The predicted octanol–water partition coefficient (Wildman–Crippen LogP) is 15.4. The smallest absolute Gasteiger partial charge is 0.179 e. The lowest BCUT2D eigenvalue weighted by molar-refractivity contribution is 0.106. The number of hydrogen-bond donors (Lipinski definition) is 2. The molecule has 0 aliphatic carbocycles. The fraction of sp³-hybridized carbons (Fsp3) is 0.340. The molecule has 2 aliphatic rings. The first-order valence-electron chi connectivity index (χ1n) is 23.4. The van der Waals surface area contributed by atoms with Crippen LogP contribution >= 0.6 is 128 Å². The number of rotatable bonds is 12. The minimum Gasteiger partial charge on any atom is -0.355 e. The molecular weight excluding hydrogens is 1190 g/mol. The summed E-state index contributed by atoms with van der Waals surface area (Å²) in [5, 5.41) is 17.1. The Bertz CT molecular complexity index is 2970. The minimum atomic E-state index is -0.106. The van der Waals surface area contributed by atoms with Gasteiger partial charge in [0.05, 0.1) is 55.3 Å². The van der Waals surface area contributed by atoms with Crippen molar-refractivity contribution in [2.45, 2.75) is 77.5 Å². The number of benzene rings is 3. The molecule has 6 heterocycles. The second-order valence-corrected chi connectivity index (χ2v) is 21.6. The molecule has 9 rings (SSSR count). The number of likely N-dealkylation sites (tertiary alicyclic amines) is 1. The second-order valence-electron chi connectivity index (χ2n) is 17.5. The molecule has 75 heavy (non-hydrogen) atoms. The van der Waals surface area contributed by atoms with E-state index in [4.69, 9.17) is 121 Å². The number of piperidine rings is 2. The molecule has 0 bridgehead atoms. The summed E-state index contributed by atoms with van der Waals surface area (Å²) in [5.74, 6) is 1.54. The van der Waals surface area contributed by atoms with Crippen LogP contribution in [0.2, 0.25) is 50.7 Å². The number of anilines is 1. The van der Waals surface area contributed by atoms with Gasteiger partial charge >= 0.3 is 0 Å². The fourth-order valence-electron chi connectivity index (χ4n) is 8.50. The van der Waals surface area contributed by atoms with Gasteiger partial charge in [-0.2, -0.15) is 15.3 Å². The van der Waals surface area contributed by atoms with Crippen LogP contribution in [0.5, 0.6) is 0 Å². The number of hydrogen-bond acceptors (Lipinski definition) is 13. The Balaban J connectivity index is 0.000000189. The van der Waals surface area contributed by atoms with Crippen LogP contribution in [0.1, 0.15) is 99.6 Å². The van der Waals surface area contributed by atoms with Gasteiger partial charge in [-0.25, -0.2) is 34.6 Å². The van der Waals surface area contributed by atoms with E-state index in [1.54, 1.807) is 36.5 Å². The highest BCUT2D eigenvalue weighted by atomic mass is 35.5. The molecule has 398 valence electrons. The fourth-order valence-corrected chi connectivity index (χ4v) is 10.9. The Morgan fingerprint density at radius 1 is 0.600 bits per heavy atom. The van der Waals surface area contributed by atoms with Crippen molar-refractivity contribution in [3.63, 3.8) is 0 Å². The van der Waals surface area contributed by atoms with Gasteiger partial charge in [-0.15, -0.1) is 12.4 Å². The van der Waals surface area contributed by atoms with Crippen molar-refractivity contribution in [1.82, 2.24) is 55.4 Å². The number of aromatic nitrogens is 8. The summed E-state index contributed by atoms with van der Waals surface area (Å²) >= 11 is 59.6. The molecular formula is C50H51Cl11N14. The van der Waals surface area contributed by atoms with Crippen LogP contribution < -0.4 is 15.8 Å². The zero-order chi connectivity index (χ0) is 53.1. The molecule has 7 aromatic rings. The SMILES string of the molecule is CC(N/N=C/c1ncc(Cl)nc1Cl)c1ccc(Cl)cc1Cl.CC(N/N=C\c1ncc(Cl)nc1Cl)c1ccc(Cl)cc1Cl.CC1CN(c2cnc3cnn(C(C)c4ccc(Cl)cc4Cl)c3n2)CCC1N1CCCCC1.Cl. The molecule has 3 aromatic carbocycles. The van der Waals surface area contributed by atoms with Crippen LogP contribution in [0, 0.1) is 5.92 Å². The van der Waals surface area contributed by atoms with Crippen LogP contribution in [-0.4, -0.2) is 89.2 Å². The van der Waals surface area contributed by atoms with E-state index in [-0.39, 0.29) is 51.1 Å². The maximum Gasteiger partial charge on any atom is 0.179 e. The molecule has 4 aromatic heterocycles. The molecule has 2 fully saturated rings. The average molecular weight is 1240 g/mol. The van der Waals surface area contributed by atoms with E-state index in [1.807, 2.05) is 49.0 Å². The van der Waals surface area contributed by atoms with Crippen molar-refractivity contribution in [1.29, 1.82) is 0 Å². The van der Waals surface area contributed by atoms with Gasteiger partial charge in [0, 0.05) is 49.3 Å². The van der Waals surface area contributed by atoms with Crippen molar-refractivity contribution in [3.05, 3.63) is 158 Å². The molecule has 25 heteroatoms. The maximum absolute atomic E-state index is 6.47. The maximum atomic E-state index is 6.47. The van der Waals surface area contributed by atoms with E-state index in [0.717, 1.165) is 46.8 Å². The van der Waals surface area contributed by atoms with Gasteiger partial charge < -0.3 is 15.8 Å². The summed E-state index contributed by atoms with van der Waals surface area (Å²) < 4.78 is 1.91. The van der Waals surface area contributed by atoms with E-state index in [2.05, 4.69) is 74.7 Å². The Hall–Kier alpha value is -3.74. The molecule has 2 N–H and O–H groups in total. The summed E-state index contributed by atoms with van der Waals surface area (Å²) in [5.41, 5.74) is 11.0. The van der Waals surface area contributed by atoms with E-state index in [0.29, 0.717) is 53.5 Å². The van der Waals surface area contributed by atoms with Crippen LogP contribution in [0.3, 0.4) is 0 Å². The Labute approximate surface area is 492 Å². The van der Waals surface area contributed by atoms with Crippen molar-refractivity contribution >= 4 is 158 Å². The molecule has 14 nitrogen and oxygen atoms in total. The first-order valence-corrected chi connectivity index (χ1v) is 27.2. The number of halogens is 11. The molecule has 5 unspecified atom stereocenters. The highest BCUT2D eigenvalue weighted by Crippen LogP contribution is 2.33. The Morgan fingerprint density at radius 2 is 1.09 bits per heavy atom. The molecule has 5 atom stereocenters. The second kappa shape index (κ2) is 28.8. The zero-order valence-electron chi connectivity index (χ0n) is 40.8. The van der Waals surface area contributed by atoms with Crippen LogP contribution in [0.4, 0.5) is 5.82 Å². The normalized spacial score (nSPS) is 17.1. The Kier molecular flexibility index (Phi) is 23.2. The standard InChI is InChI=1S/C24H30Cl2N6.2C13H10Cl4N4.ClH/c1-16-15-31(11-8-22(16)30-9-4-3-5-10-30)23-14-27-21-13-28-32(24(21)29-23)17(2)19-7-6-18(25)12-20(19)26;2*1-7(9-3-2-8(14)4-10(9)15)21-19-5-11-13(17)20-12(16)6-18-11;/h6-7,12-14,16-17,22H,3-5,8-11,15H2,1-2H3;2*2-7,21H,1H3;1H/b;19-5+;19-5-;. The molecule has 0 radical (unpaired) electrons. The number of fused-ring (bicyclic) bond motifs is 1. The lowest BCUT2D eigenvalue weighted by atomic mass is 9.91. The summed E-state index contributed by atoms with van der Waals surface area (Å²) in [7, 11) is 0. The third-order valence-corrected chi connectivity index (χ3v) is 14.9. The predicted molar refractivity (Wildman–Crippen MR) is 313 cm³/mol. The zero-order valence-corrected chi connectivity index (χ0v) is 49.1. The third-order valence-electron chi connectivity index (χ3n) is 12.3. The monoisotopic (exact) mass is 1230 g/mol. The molecule has 2 aliphatic heterocycles. The van der Waals surface area contributed by atoms with Gasteiger partial charge in [0.1, 0.15) is 33.0 Å². The van der Waals surface area contributed by atoms with Gasteiger partial charge in [0.15, 0.2) is 16.0 Å². The van der Waals surface area contributed by atoms with Crippen molar-refractivity contribution in [3.8, 4) is 0 Å². The first-order chi connectivity index (χ1) is 35.4. The van der Waals surface area contributed by atoms with Crippen LogP contribution in [0.15, 0.2) is 89.6 Å². The average Bonchev–Trinajstić information content (AvgIpc) is 3.79. The minimum absolute atomic E-state index is 0. The number of hydrazone groups is 2. The largest absolute Gasteiger partial charge is 0.355 e. The highest BCUT2D eigenvalue weighted by Gasteiger charge is 2.32. The number of nitrogens with zero attached hydrogens (tertiary/aromatic N) is 12.